The first-order chi connectivity index (χ1) is 12.6. The number of carbonyl (C=O) groups is 1. The van der Waals surface area contributed by atoms with Crippen molar-refractivity contribution in [1.82, 2.24) is 4.90 Å². The summed E-state index contributed by atoms with van der Waals surface area (Å²) in [6.45, 7) is 7.50. The van der Waals surface area contributed by atoms with Crippen LogP contribution in [0.1, 0.15) is 16.7 Å². The molecule has 0 aromatic heterocycles. The number of ether oxygens (including phenoxy) is 1. The number of carbonyl (C=O) groups excluding carboxylic acids is 1. The fraction of sp³-hybridized carbons (Fsp3) is 0.318. The molecular formula is C22H26N2O2. The molecule has 0 saturated carbocycles. The van der Waals surface area contributed by atoms with Crippen LogP contribution in [-0.4, -0.2) is 44.1 Å². The zero-order chi connectivity index (χ0) is 18.5. The van der Waals surface area contributed by atoms with Crippen LogP contribution in [0.25, 0.3) is 6.08 Å². The van der Waals surface area contributed by atoms with Crippen molar-refractivity contribution in [3.63, 3.8) is 0 Å². The topological polar surface area (TPSA) is 32.8 Å². The summed E-state index contributed by atoms with van der Waals surface area (Å²) in [6, 6.07) is 14.1. The molecule has 1 aliphatic rings. The number of nitrogens with zero attached hydrogens (tertiary/aromatic N) is 2. The third kappa shape index (κ3) is 3.90. The van der Waals surface area contributed by atoms with Gasteiger partial charge < -0.3 is 14.5 Å². The number of para-hydroxylation sites is 1. The maximum Gasteiger partial charge on any atom is 0.246 e. The highest BCUT2D eigenvalue weighted by molar-refractivity contribution is 5.92. The van der Waals surface area contributed by atoms with Gasteiger partial charge in [-0.15, -0.1) is 0 Å². The molecule has 4 nitrogen and oxygen atoms in total. The Kier molecular flexibility index (Phi) is 5.61. The molecule has 2 aromatic carbocycles. The van der Waals surface area contributed by atoms with Gasteiger partial charge >= 0.3 is 0 Å². The van der Waals surface area contributed by atoms with E-state index in [4.69, 9.17) is 4.74 Å². The van der Waals surface area contributed by atoms with Crippen molar-refractivity contribution in [3.05, 3.63) is 65.2 Å². The predicted molar refractivity (Wildman–Crippen MR) is 107 cm³/mol. The van der Waals surface area contributed by atoms with Gasteiger partial charge in [0.1, 0.15) is 5.75 Å². The van der Waals surface area contributed by atoms with E-state index in [-0.39, 0.29) is 5.91 Å². The summed E-state index contributed by atoms with van der Waals surface area (Å²) >= 11 is 0. The van der Waals surface area contributed by atoms with Crippen molar-refractivity contribution >= 4 is 17.7 Å². The van der Waals surface area contributed by atoms with Crippen molar-refractivity contribution in [1.29, 1.82) is 0 Å². The lowest BCUT2D eigenvalue weighted by molar-refractivity contribution is -0.126. The van der Waals surface area contributed by atoms with Gasteiger partial charge in [-0.2, -0.15) is 0 Å². The Morgan fingerprint density at radius 3 is 2.46 bits per heavy atom. The fourth-order valence-electron chi connectivity index (χ4n) is 3.32. The van der Waals surface area contributed by atoms with Crippen LogP contribution in [0, 0.1) is 13.8 Å². The van der Waals surface area contributed by atoms with Gasteiger partial charge in [0, 0.05) is 43.5 Å². The first kappa shape index (κ1) is 18.1. The molecule has 3 rings (SSSR count). The summed E-state index contributed by atoms with van der Waals surface area (Å²) in [5.74, 6) is 0.827. The first-order valence-electron chi connectivity index (χ1n) is 9.01. The molecule has 26 heavy (non-hydrogen) atoms. The molecule has 1 amide bonds. The second kappa shape index (κ2) is 8.09. The molecule has 0 spiro atoms. The maximum absolute atomic E-state index is 12.5. The third-order valence-electron chi connectivity index (χ3n) is 5.05. The Bertz CT molecular complexity index is 806. The number of anilines is 1. The van der Waals surface area contributed by atoms with Gasteiger partial charge in [0.15, 0.2) is 0 Å². The summed E-state index contributed by atoms with van der Waals surface area (Å²) in [5.41, 5.74) is 4.82. The van der Waals surface area contributed by atoms with Crippen molar-refractivity contribution in [3.8, 4) is 5.75 Å². The minimum Gasteiger partial charge on any atom is -0.496 e. The van der Waals surface area contributed by atoms with E-state index < -0.39 is 0 Å². The zero-order valence-electron chi connectivity index (χ0n) is 15.7. The molecule has 1 heterocycles. The average molecular weight is 350 g/mol. The lowest BCUT2D eigenvalue weighted by Gasteiger charge is -2.36. The highest BCUT2D eigenvalue weighted by Crippen LogP contribution is 2.24. The van der Waals surface area contributed by atoms with Gasteiger partial charge in [0.2, 0.25) is 5.91 Å². The van der Waals surface area contributed by atoms with Crippen molar-refractivity contribution in [2.24, 2.45) is 0 Å². The number of amides is 1. The summed E-state index contributed by atoms with van der Waals surface area (Å²) in [5, 5.41) is 0. The van der Waals surface area contributed by atoms with Gasteiger partial charge in [-0.1, -0.05) is 30.3 Å². The Morgan fingerprint density at radius 2 is 1.73 bits per heavy atom. The summed E-state index contributed by atoms with van der Waals surface area (Å²) in [6.07, 6.45) is 3.48. The second-order valence-electron chi connectivity index (χ2n) is 6.61. The predicted octanol–water partition coefficient (Wildman–Crippen LogP) is 3.67. The number of methoxy groups -OCH3 is 1. The van der Waals surface area contributed by atoms with Gasteiger partial charge in [0.05, 0.1) is 7.11 Å². The van der Waals surface area contributed by atoms with Crippen LogP contribution < -0.4 is 9.64 Å². The Morgan fingerprint density at radius 1 is 1.00 bits per heavy atom. The van der Waals surface area contributed by atoms with Crippen molar-refractivity contribution in [2.75, 3.05) is 38.2 Å². The number of rotatable bonds is 4. The largest absolute Gasteiger partial charge is 0.496 e. The lowest BCUT2D eigenvalue weighted by Crippen LogP contribution is -2.48. The number of hydrogen-bond acceptors (Lipinski definition) is 3. The standard InChI is InChI=1S/C22H26N2O2/c1-17-7-6-9-20(18(17)2)23-13-15-24(16-14-23)22(25)12-11-19-8-4-5-10-21(19)26-3/h4-12H,13-16H2,1-3H3. The molecule has 0 bridgehead atoms. The highest BCUT2D eigenvalue weighted by Gasteiger charge is 2.21. The van der Waals surface area contributed by atoms with E-state index in [0.29, 0.717) is 0 Å². The third-order valence-corrected chi connectivity index (χ3v) is 5.05. The molecule has 0 atom stereocenters. The highest BCUT2D eigenvalue weighted by atomic mass is 16.5. The molecule has 1 fully saturated rings. The number of benzene rings is 2. The second-order valence-corrected chi connectivity index (χ2v) is 6.61. The number of piperazine rings is 1. The van der Waals surface area contributed by atoms with Crippen LogP contribution in [0.2, 0.25) is 0 Å². The van der Waals surface area contributed by atoms with Crippen LogP contribution in [0.3, 0.4) is 0 Å². The molecule has 0 aliphatic carbocycles. The maximum atomic E-state index is 12.5. The molecule has 4 heteroatoms. The van der Waals surface area contributed by atoms with Crippen LogP contribution in [0.5, 0.6) is 5.75 Å². The van der Waals surface area contributed by atoms with Gasteiger partial charge in [0.25, 0.3) is 0 Å². The molecule has 2 aromatic rings. The molecule has 0 unspecified atom stereocenters. The average Bonchev–Trinajstić information content (AvgIpc) is 2.68. The van der Waals surface area contributed by atoms with E-state index in [1.165, 1.54) is 16.8 Å². The summed E-state index contributed by atoms with van der Waals surface area (Å²) in [7, 11) is 1.64. The van der Waals surface area contributed by atoms with E-state index in [9.17, 15) is 4.79 Å². The van der Waals surface area contributed by atoms with E-state index >= 15 is 0 Å². The van der Waals surface area contributed by atoms with Gasteiger partial charge in [-0.05, 0) is 43.2 Å². The van der Waals surface area contributed by atoms with Crippen LogP contribution >= 0.6 is 0 Å². The number of aryl methyl sites for hydroxylation is 1. The Hall–Kier alpha value is -2.75. The molecule has 0 N–H and O–H groups in total. The van der Waals surface area contributed by atoms with Gasteiger partial charge in [-0.25, -0.2) is 0 Å². The molecule has 0 radical (unpaired) electrons. The smallest absolute Gasteiger partial charge is 0.246 e. The van der Waals surface area contributed by atoms with E-state index in [0.717, 1.165) is 37.5 Å². The fourth-order valence-corrected chi connectivity index (χ4v) is 3.32. The van der Waals surface area contributed by atoms with Crippen molar-refractivity contribution < 1.29 is 9.53 Å². The SMILES string of the molecule is COc1ccccc1C=CC(=O)N1CCN(c2cccc(C)c2C)CC1. The summed E-state index contributed by atoms with van der Waals surface area (Å²) < 4.78 is 5.32. The van der Waals surface area contributed by atoms with Gasteiger partial charge in [-0.3, -0.25) is 4.79 Å². The number of hydrogen-bond donors (Lipinski definition) is 0. The summed E-state index contributed by atoms with van der Waals surface area (Å²) in [4.78, 5) is 16.8. The molecular weight excluding hydrogens is 324 g/mol. The Balaban J connectivity index is 1.62. The first-order valence-corrected chi connectivity index (χ1v) is 9.01. The molecule has 1 saturated heterocycles. The zero-order valence-corrected chi connectivity index (χ0v) is 15.7. The molecule has 1 aliphatic heterocycles. The van der Waals surface area contributed by atoms with Crippen LogP contribution in [0.4, 0.5) is 5.69 Å². The monoisotopic (exact) mass is 350 g/mol. The normalized spacial score (nSPS) is 14.7. The van der Waals surface area contributed by atoms with Crippen LogP contribution in [-0.2, 0) is 4.79 Å². The molecule has 136 valence electrons. The lowest BCUT2D eigenvalue weighted by atomic mass is 10.1. The quantitative estimate of drug-likeness (QED) is 0.789. The minimum absolute atomic E-state index is 0.0523. The van der Waals surface area contributed by atoms with Crippen molar-refractivity contribution in [2.45, 2.75) is 13.8 Å². The van der Waals surface area contributed by atoms with E-state index in [1.54, 1.807) is 13.2 Å². The van der Waals surface area contributed by atoms with Crippen LogP contribution in [0.15, 0.2) is 48.5 Å². The van der Waals surface area contributed by atoms with E-state index in [1.807, 2.05) is 35.2 Å². The minimum atomic E-state index is 0.0523. The Labute approximate surface area is 155 Å². The van der Waals surface area contributed by atoms with E-state index in [2.05, 4.69) is 36.9 Å².